The van der Waals surface area contributed by atoms with Crippen LogP contribution in [0.3, 0.4) is 0 Å². The lowest BCUT2D eigenvalue weighted by Gasteiger charge is -2.05. The summed E-state index contributed by atoms with van der Waals surface area (Å²) in [5.41, 5.74) is 0.865. The molecule has 18 heavy (non-hydrogen) atoms. The monoisotopic (exact) mass is 246 g/mol. The first kappa shape index (κ1) is 12.1. The third-order valence-electron chi connectivity index (χ3n) is 2.43. The van der Waals surface area contributed by atoms with Crippen LogP contribution in [0.15, 0.2) is 36.9 Å². The van der Waals surface area contributed by atoms with E-state index in [0.717, 1.165) is 5.56 Å². The number of nitrogens with one attached hydrogen (secondary N) is 1. The lowest BCUT2D eigenvalue weighted by atomic mass is 10.2. The number of aromatic nitrogens is 3. The summed E-state index contributed by atoms with van der Waals surface area (Å²) < 4.78 is 1.61. The molecule has 0 saturated carbocycles. The highest BCUT2D eigenvalue weighted by Gasteiger charge is 2.02. The van der Waals surface area contributed by atoms with Gasteiger partial charge in [0.1, 0.15) is 18.4 Å². The Kier molecular flexibility index (Phi) is 3.90. The van der Waals surface area contributed by atoms with Gasteiger partial charge in [-0.25, -0.2) is 4.98 Å². The predicted molar refractivity (Wildman–Crippen MR) is 64.6 cm³/mol. The molecular formula is C12H14N4O2. The number of nitrogens with zero attached hydrogens (tertiary/aromatic N) is 3. The van der Waals surface area contributed by atoms with Gasteiger partial charge < -0.3 is 10.4 Å². The SMILES string of the molecule is O=C(CCn1cncn1)NCc1cccc(O)c1. The largest absolute Gasteiger partial charge is 0.508 e. The molecule has 0 fully saturated rings. The summed E-state index contributed by atoms with van der Waals surface area (Å²) in [7, 11) is 0. The number of hydrogen-bond acceptors (Lipinski definition) is 4. The zero-order chi connectivity index (χ0) is 12.8. The minimum absolute atomic E-state index is 0.0613. The highest BCUT2D eigenvalue weighted by Crippen LogP contribution is 2.10. The van der Waals surface area contributed by atoms with Crippen molar-refractivity contribution in [2.45, 2.75) is 19.5 Å². The number of amides is 1. The van der Waals surface area contributed by atoms with Gasteiger partial charge in [0.15, 0.2) is 0 Å². The van der Waals surface area contributed by atoms with Crippen LogP contribution in [0.1, 0.15) is 12.0 Å². The molecule has 0 bridgehead atoms. The van der Waals surface area contributed by atoms with Crippen LogP contribution >= 0.6 is 0 Å². The van der Waals surface area contributed by atoms with Crippen LogP contribution in [0.5, 0.6) is 5.75 Å². The second-order valence-corrected chi connectivity index (χ2v) is 3.86. The molecule has 0 aliphatic rings. The van der Waals surface area contributed by atoms with E-state index < -0.39 is 0 Å². The molecule has 2 N–H and O–H groups in total. The van der Waals surface area contributed by atoms with Crippen LogP contribution in [-0.4, -0.2) is 25.8 Å². The van der Waals surface area contributed by atoms with Gasteiger partial charge in [0.05, 0.1) is 6.54 Å². The topological polar surface area (TPSA) is 80.0 Å². The van der Waals surface area contributed by atoms with Gasteiger partial charge in [-0.1, -0.05) is 12.1 Å². The molecule has 1 aromatic heterocycles. The Hall–Kier alpha value is -2.37. The average Bonchev–Trinajstić information content (AvgIpc) is 2.87. The molecule has 0 spiro atoms. The van der Waals surface area contributed by atoms with E-state index in [1.54, 1.807) is 29.2 Å². The van der Waals surface area contributed by atoms with E-state index >= 15 is 0 Å². The fourth-order valence-corrected chi connectivity index (χ4v) is 1.52. The second kappa shape index (κ2) is 5.81. The third-order valence-corrected chi connectivity index (χ3v) is 2.43. The molecule has 0 aliphatic carbocycles. The van der Waals surface area contributed by atoms with Gasteiger partial charge in [0.2, 0.25) is 5.91 Å². The fraction of sp³-hybridized carbons (Fsp3) is 0.250. The number of benzene rings is 1. The van der Waals surface area contributed by atoms with Crippen LogP contribution in [0.4, 0.5) is 0 Å². The predicted octanol–water partition coefficient (Wildman–Crippen LogP) is 0.690. The Morgan fingerprint density at radius 2 is 2.33 bits per heavy atom. The molecular weight excluding hydrogens is 232 g/mol. The average molecular weight is 246 g/mol. The number of hydrogen-bond donors (Lipinski definition) is 2. The smallest absolute Gasteiger partial charge is 0.222 e. The Morgan fingerprint density at radius 1 is 1.44 bits per heavy atom. The van der Waals surface area contributed by atoms with E-state index in [-0.39, 0.29) is 11.7 Å². The van der Waals surface area contributed by atoms with Crippen LogP contribution in [0.25, 0.3) is 0 Å². The van der Waals surface area contributed by atoms with E-state index in [2.05, 4.69) is 15.4 Å². The van der Waals surface area contributed by atoms with Gasteiger partial charge in [-0.2, -0.15) is 5.10 Å². The summed E-state index contributed by atoms with van der Waals surface area (Å²) in [6, 6.07) is 6.80. The number of carbonyl (C=O) groups is 1. The van der Waals surface area contributed by atoms with Gasteiger partial charge >= 0.3 is 0 Å². The number of carbonyl (C=O) groups excluding carboxylic acids is 1. The third kappa shape index (κ3) is 3.58. The maximum absolute atomic E-state index is 11.6. The van der Waals surface area contributed by atoms with Gasteiger partial charge in [0.25, 0.3) is 0 Å². The molecule has 2 rings (SSSR count). The van der Waals surface area contributed by atoms with E-state index in [1.807, 2.05) is 6.07 Å². The first-order chi connectivity index (χ1) is 8.74. The van der Waals surface area contributed by atoms with Crippen molar-refractivity contribution in [1.82, 2.24) is 20.1 Å². The molecule has 0 saturated heterocycles. The Morgan fingerprint density at radius 3 is 3.06 bits per heavy atom. The highest BCUT2D eigenvalue weighted by atomic mass is 16.3. The molecule has 6 heteroatoms. The number of phenolic OH excluding ortho intramolecular Hbond substituents is 1. The summed E-state index contributed by atoms with van der Waals surface area (Å²) in [5, 5.41) is 16.0. The summed E-state index contributed by atoms with van der Waals surface area (Å²) in [4.78, 5) is 15.4. The zero-order valence-electron chi connectivity index (χ0n) is 9.78. The first-order valence-corrected chi connectivity index (χ1v) is 5.61. The summed E-state index contributed by atoms with van der Waals surface area (Å²) in [5.74, 6) is 0.137. The Balaban J connectivity index is 1.75. The Bertz CT molecular complexity index is 511. The quantitative estimate of drug-likeness (QED) is 0.813. The van der Waals surface area contributed by atoms with Crippen molar-refractivity contribution in [3.63, 3.8) is 0 Å². The van der Waals surface area contributed by atoms with Gasteiger partial charge in [-0.3, -0.25) is 9.48 Å². The summed E-state index contributed by atoms with van der Waals surface area (Å²) in [6.07, 6.45) is 3.36. The molecule has 0 aliphatic heterocycles. The number of aromatic hydroxyl groups is 1. The minimum Gasteiger partial charge on any atom is -0.508 e. The van der Waals surface area contributed by atoms with Crippen molar-refractivity contribution in [3.8, 4) is 5.75 Å². The van der Waals surface area contributed by atoms with E-state index in [0.29, 0.717) is 19.5 Å². The standard InChI is InChI=1S/C12H14N4O2/c17-11-3-1-2-10(6-11)7-14-12(18)4-5-16-9-13-8-15-16/h1-3,6,8-9,17H,4-5,7H2,(H,14,18). The molecule has 2 aromatic rings. The van der Waals surface area contributed by atoms with Gasteiger partial charge in [-0.15, -0.1) is 0 Å². The summed E-state index contributed by atoms with van der Waals surface area (Å²) >= 11 is 0. The van der Waals surface area contributed by atoms with E-state index in [1.165, 1.54) is 6.33 Å². The van der Waals surface area contributed by atoms with E-state index in [4.69, 9.17) is 0 Å². The molecule has 0 radical (unpaired) electrons. The molecule has 1 aromatic carbocycles. The summed E-state index contributed by atoms with van der Waals surface area (Å²) in [6.45, 7) is 0.913. The van der Waals surface area contributed by atoms with E-state index in [9.17, 15) is 9.90 Å². The first-order valence-electron chi connectivity index (χ1n) is 5.61. The van der Waals surface area contributed by atoms with Gasteiger partial charge in [-0.05, 0) is 17.7 Å². The lowest BCUT2D eigenvalue weighted by molar-refractivity contribution is -0.121. The van der Waals surface area contributed by atoms with Gasteiger partial charge in [0, 0.05) is 13.0 Å². The normalized spacial score (nSPS) is 10.2. The zero-order valence-corrected chi connectivity index (χ0v) is 9.78. The number of phenols is 1. The van der Waals surface area contributed by atoms with Crippen LogP contribution in [-0.2, 0) is 17.9 Å². The van der Waals surface area contributed by atoms with Crippen LogP contribution in [0, 0.1) is 0 Å². The molecule has 1 heterocycles. The molecule has 94 valence electrons. The van der Waals surface area contributed by atoms with Crippen molar-refractivity contribution in [3.05, 3.63) is 42.5 Å². The lowest BCUT2D eigenvalue weighted by Crippen LogP contribution is -2.23. The van der Waals surface area contributed by atoms with Crippen molar-refractivity contribution >= 4 is 5.91 Å². The number of aryl methyl sites for hydroxylation is 1. The van der Waals surface area contributed by atoms with Crippen LogP contribution in [0.2, 0.25) is 0 Å². The van der Waals surface area contributed by atoms with Crippen molar-refractivity contribution in [2.24, 2.45) is 0 Å². The maximum Gasteiger partial charge on any atom is 0.222 e. The van der Waals surface area contributed by atoms with Crippen molar-refractivity contribution < 1.29 is 9.90 Å². The molecule has 1 amide bonds. The van der Waals surface area contributed by atoms with Crippen molar-refractivity contribution in [2.75, 3.05) is 0 Å². The molecule has 6 nitrogen and oxygen atoms in total. The van der Waals surface area contributed by atoms with Crippen molar-refractivity contribution in [1.29, 1.82) is 0 Å². The molecule has 0 unspecified atom stereocenters. The Labute approximate surface area is 104 Å². The highest BCUT2D eigenvalue weighted by molar-refractivity contribution is 5.75. The van der Waals surface area contributed by atoms with Crippen LogP contribution < -0.4 is 5.32 Å². The number of rotatable bonds is 5. The maximum atomic E-state index is 11.6. The minimum atomic E-state index is -0.0613. The molecule has 0 atom stereocenters. The second-order valence-electron chi connectivity index (χ2n) is 3.86. The fourth-order valence-electron chi connectivity index (χ4n) is 1.52.